The third kappa shape index (κ3) is 4.65. The highest BCUT2D eigenvalue weighted by Crippen LogP contribution is 2.33. The van der Waals surface area contributed by atoms with E-state index in [1.807, 2.05) is 23.1 Å². The monoisotopic (exact) mass is 461 g/mol. The van der Waals surface area contributed by atoms with Gasteiger partial charge in [-0.2, -0.15) is 0 Å². The molecule has 2 aromatic rings. The number of carbonyl (C=O) groups is 1. The van der Waals surface area contributed by atoms with Gasteiger partial charge in [0.15, 0.2) is 0 Å². The van der Waals surface area contributed by atoms with E-state index >= 15 is 0 Å². The van der Waals surface area contributed by atoms with E-state index in [4.69, 9.17) is 11.6 Å². The highest BCUT2D eigenvalue weighted by atomic mass is 35.5. The molecule has 2 aromatic carbocycles. The summed E-state index contributed by atoms with van der Waals surface area (Å²) in [5.41, 5.74) is 2.92. The van der Waals surface area contributed by atoms with Crippen LogP contribution in [0.15, 0.2) is 47.4 Å². The van der Waals surface area contributed by atoms with Crippen molar-refractivity contribution in [2.75, 3.05) is 38.6 Å². The van der Waals surface area contributed by atoms with Crippen LogP contribution in [-0.4, -0.2) is 57.3 Å². The molecular formula is C23H28ClN3O3S. The number of hydrogen-bond acceptors (Lipinski definition) is 4. The van der Waals surface area contributed by atoms with E-state index < -0.39 is 10.0 Å². The summed E-state index contributed by atoms with van der Waals surface area (Å²) in [4.78, 5) is 17.8. The second kappa shape index (κ2) is 8.90. The second-order valence-corrected chi connectivity index (χ2v) is 11.1. The highest BCUT2D eigenvalue weighted by Gasteiger charge is 2.33. The molecule has 1 fully saturated rings. The lowest BCUT2D eigenvalue weighted by atomic mass is 9.96. The molecule has 166 valence electrons. The first-order valence-corrected chi connectivity index (χ1v) is 12.4. The van der Waals surface area contributed by atoms with Crippen LogP contribution in [0.2, 0.25) is 5.02 Å². The summed E-state index contributed by atoms with van der Waals surface area (Å²) >= 11 is 6.11. The van der Waals surface area contributed by atoms with E-state index in [-0.39, 0.29) is 16.7 Å². The fourth-order valence-electron chi connectivity index (χ4n) is 4.49. The summed E-state index contributed by atoms with van der Waals surface area (Å²) < 4.78 is 26.1. The lowest BCUT2D eigenvalue weighted by Crippen LogP contribution is -2.44. The zero-order valence-electron chi connectivity index (χ0n) is 17.9. The Morgan fingerprint density at radius 3 is 2.71 bits per heavy atom. The molecular weight excluding hydrogens is 434 g/mol. The smallest absolute Gasteiger partial charge is 0.242 e. The molecule has 1 amide bonds. The number of halogens is 1. The maximum absolute atomic E-state index is 13.4. The van der Waals surface area contributed by atoms with E-state index in [1.54, 1.807) is 18.2 Å². The van der Waals surface area contributed by atoms with Gasteiger partial charge in [0.05, 0.1) is 10.8 Å². The van der Waals surface area contributed by atoms with E-state index in [0.29, 0.717) is 13.0 Å². The molecule has 1 unspecified atom stereocenters. The Bertz CT molecular complexity index is 1090. The van der Waals surface area contributed by atoms with Crippen LogP contribution in [0.1, 0.15) is 24.0 Å². The van der Waals surface area contributed by atoms with Crippen LogP contribution in [0.25, 0.3) is 0 Å². The number of sulfonamides is 1. The summed E-state index contributed by atoms with van der Waals surface area (Å²) in [5, 5.41) is 0.728. The minimum Gasteiger partial charge on any atom is -0.312 e. The molecule has 2 heterocycles. The van der Waals surface area contributed by atoms with Gasteiger partial charge in [0, 0.05) is 44.4 Å². The minimum atomic E-state index is -3.48. The molecule has 31 heavy (non-hydrogen) atoms. The molecule has 8 heteroatoms. The Balaban J connectivity index is 1.47. The number of likely N-dealkylation sites (tertiary alicyclic amines) is 1. The Morgan fingerprint density at radius 2 is 1.97 bits per heavy atom. The molecule has 0 saturated carbocycles. The number of anilines is 1. The number of piperidine rings is 1. The van der Waals surface area contributed by atoms with Gasteiger partial charge in [-0.25, -0.2) is 12.7 Å². The van der Waals surface area contributed by atoms with Crippen LogP contribution in [0.5, 0.6) is 0 Å². The van der Waals surface area contributed by atoms with Gasteiger partial charge in [-0.3, -0.25) is 9.69 Å². The Hall–Kier alpha value is -1.93. The van der Waals surface area contributed by atoms with E-state index in [0.717, 1.165) is 54.3 Å². The van der Waals surface area contributed by atoms with Gasteiger partial charge in [0.1, 0.15) is 0 Å². The van der Waals surface area contributed by atoms with Gasteiger partial charge in [-0.1, -0.05) is 23.7 Å². The Morgan fingerprint density at radius 1 is 1.16 bits per heavy atom. The molecule has 1 saturated heterocycles. The molecule has 0 bridgehead atoms. The van der Waals surface area contributed by atoms with Gasteiger partial charge >= 0.3 is 0 Å². The lowest BCUT2D eigenvalue weighted by Gasteiger charge is -2.34. The summed E-state index contributed by atoms with van der Waals surface area (Å²) in [6.45, 7) is 3.08. The molecule has 6 nitrogen and oxygen atoms in total. The van der Waals surface area contributed by atoms with E-state index in [2.05, 4.69) is 11.0 Å². The predicted octanol–water partition coefficient (Wildman–Crippen LogP) is 3.39. The van der Waals surface area contributed by atoms with Gasteiger partial charge < -0.3 is 4.90 Å². The van der Waals surface area contributed by atoms with Crippen molar-refractivity contribution in [1.82, 2.24) is 9.21 Å². The first-order valence-electron chi connectivity index (χ1n) is 10.6. The molecule has 4 rings (SSSR count). The highest BCUT2D eigenvalue weighted by molar-refractivity contribution is 7.89. The van der Waals surface area contributed by atoms with Crippen molar-refractivity contribution in [2.24, 2.45) is 5.92 Å². The maximum atomic E-state index is 13.4. The quantitative estimate of drug-likeness (QED) is 0.684. The van der Waals surface area contributed by atoms with Crippen LogP contribution in [0.3, 0.4) is 0 Å². The predicted molar refractivity (Wildman–Crippen MR) is 123 cm³/mol. The van der Waals surface area contributed by atoms with Crippen molar-refractivity contribution < 1.29 is 13.2 Å². The summed E-state index contributed by atoms with van der Waals surface area (Å²) in [6.07, 6.45) is 2.54. The third-order valence-corrected chi connectivity index (χ3v) is 8.19. The Kier molecular flexibility index (Phi) is 6.40. The average molecular weight is 462 g/mol. The summed E-state index contributed by atoms with van der Waals surface area (Å²) in [6, 6.07) is 13.0. The van der Waals surface area contributed by atoms with Gasteiger partial charge in [0.2, 0.25) is 15.9 Å². The third-order valence-electron chi connectivity index (χ3n) is 6.14. The molecule has 0 spiro atoms. The van der Waals surface area contributed by atoms with Gasteiger partial charge in [-0.15, -0.1) is 0 Å². The van der Waals surface area contributed by atoms with Crippen LogP contribution >= 0.6 is 11.6 Å². The van der Waals surface area contributed by atoms with E-state index in [9.17, 15) is 13.2 Å². The van der Waals surface area contributed by atoms with Crippen LogP contribution < -0.4 is 4.90 Å². The topological polar surface area (TPSA) is 60.9 Å². The molecule has 2 aliphatic heterocycles. The molecule has 0 radical (unpaired) electrons. The van der Waals surface area contributed by atoms with Crippen molar-refractivity contribution in [2.45, 2.75) is 30.7 Å². The van der Waals surface area contributed by atoms with Gasteiger partial charge in [-0.05, 0) is 67.3 Å². The number of hydrogen-bond donors (Lipinski definition) is 0. The number of benzene rings is 2. The van der Waals surface area contributed by atoms with Crippen LogP contribution in [0, 0.1) is 5.92 Å². The van der Waals surface area contributed by atoms with E-state index in [1.165, 1.54) is 18.4 Å². The molecule has 0 aliphatic carbocycles. The molecule has 2 aliphatic rings. The zero-order chi connectivity index (χ0) is 22.2. The maximum Gasteiger partial charge on any atom is 0.242 e. The number of carbonyl (C=O) groups excluding carboxylic acids is 1. The number of amides is 1. The lowest BCUT2D eigenvalue weighted by molar-refractivity contribution is -0.124. The summed E-state index contributed by atoms with van der Waals surface area (Å²) in [5.74, 6) is 0.0850. The SMILES string of the molecule is CN(C)S(=O)(=O)c1ccc2c(c1)CCN2C(=O)C1CCCN(Cc2cccc(Cl)c2)C1. The summed E-state index contributed by atoms with van der Waals surface area (Å²) in [7, 11) is -0.434. The first kappa shape index (κ1) is 22.3. The first-order chi connectivity index (χ1) is 14.8. The fourth-order valence-corrected chi connectivity index (χ4v) is 5.66. The van der Waals surface area contributed by atoms with Crippen molar-refractivity contribution in [3.05, 3.63) is 58.6 Å². The molecule has 0 N–H and O–H groups in total. The largest absolute Gasteiger partial charge is 0.312 e. The van der Waals surface area contributed by atoms with Crippen LogP contribution in [0.4, 0.5) is 5.69 Å². The molecule has 0 aromatic heterocycles. The molecule has 1 atom stereocenters. The number of rotatable bonds is 5. The standard InChI is InChI=1S/C23H28ClN3O3S/c1-25(2)31(29,30)21-8-9-22-18(14-21)10-12-27(22)23(28)19-6-4-11-26(16-19)15-17-5-3-7-20(24)13-17/h3,5,7-9,13-14,19H,4,6,10-12,15-16H2,1-2H3. The van der Waals surface area contributed by atoms with Crippen molar-refractivity contribution in [3.8, 4) is 0 Å². The normalized spacial score (nSPS) is 19.6. The van der Waals surface area contributed by atoms with Crippen molar-refractivity contribution in [1.29, 1.82) is 0 Å². The van der Waals surface area contributed by atoms with Gasteiger partial charge in [0.25, 0.3) is 0 Å². The zero-order valence-corrected chi connectivity index (χ0v) is 19.5. The number of nitrogens with zero attached hydrogens (tertiary/aromatic N) is 3. The van der Waals surface area contributed by atoms with Crippen molar-refractivity contribution >= 4 is 33.2 Å². The second-order valence-electron chi connectivity index (χ2n) is 8.52. The minimum absolute atomic E-state index is 0.0518. The fraction of sp³-hybridized carbons (Fsp3) is 0.435. The van der Waals surface area contributed by atoms with Crippen LogP contribution in [-0.2, 0) is 27.8 Å². The Labute approximate surface area is 189 Å². The van der Waals surface area contributed by atoms with Crippen molar-refractivity contribution in [3.63, 3.8) is 0 Å². The average Bonchev–Trinajstić information content (AvgIpc) is 3.16. The number of fused-ring (bicyclic) bond motifs is 1.